The molecule has 6 aromatic rings. The number of rotatable bonds is 13. The fourth-order valence-corrected chi connectivity index (χ4v) is 10.4. The molecule has 7 heteroatoms. The highest BCUT2D eigenvalue weighted by Gasteiger charge is 2.44. The lowest BCUT2D eigenvalue weighted by Crippen LogP contribution is -2.34. The highest BCUT2D eigenvalue weighted by Crippen LogP contribution is 2.55. The second-order valence-corrected chi connectivity index (χ2v) is 16.6. The number of para-hydroxylation sites is 1. The second kappa shape index (κ2) is 17.6. The van der Waals surface area contributed by atoms with Gasteiger partial charge in [-0.25, -0.2) is 8.42 Å². The highest BCUT2D eigenvalue weighted by atomic mass is 32.2. The maximum absolute atomic E-state index is 10.4. The Bertz CT molecular complexity index is 1860. The average Bonchev–Trinajstić information content (AvgIpc) is 3.14. The SMILES string of the molecule is Cc1ccc(S(=O)(=O)[O-])cc1.c1ccc(OCCCOc2cccc(CC[P+](c3ccccc3)(c3ccccc3)c3ccccc3)c2)cc1. The summed E-state index contributed by atoms with van der Waals surface area (Å²) in [4.78, 5) is -0.178. The minimum atomic E-state index is -4.27. The topological polar surface area (TPSA) is 75.7 Å². The molecule has 0 aliphatic heterocycles. The summed E-state index contributed by atoms with van der Waals surface area (Å²) in [6.07, 6.45) is 2.87. The molecule has 0 fully saturated rings. The van der Waals surface area contributed by atoms with E-state index in [1.165, 1.54) is 33.6 Å². The van der Waals surface area contributed by atoms with E-state index >= 15 is 0 Å². The van der Waals surface area contributed by atoms with Crippen LogP contribution in [0.3, 0.4) is 0 Å². The standard InChI is InChI=1S/C35H34O2P.C7H8O3S/c1-5-16-31(17-6-1)36-26-14-27-37-32-18-13-15-30(29-32)25-28-38(33-19-7-2-8-20-33,34-21-9-3-10-22-34)35-23-11-4-12-24-35;1-6-2-4-7(5-3-6)11(8,9)10/h1-13,15-24,29H,14,25-28H2;2-5H,1H3,(H,8,9,10)/q+1;/p-1. The van der Waals surface area contributed by atoms with Gasteiger partial charge in [-0.15, -0.1) is 0 Å². The molecule has 0 saturated heterocycles. The van der Waals surface area contributed by atoms with Gasteiger partial charge in [0.1, 0.15) is 44.8 Å². The van der Waals surface area contributed by atoms with Crippen LogP contribution in [0.4, 0.5) is 0 Å². The average molecular weight is 689 g/mol. The number of ether oxygens (including phenoxy) is 2. The summed E-state index contributed by atoms with van der Waals surface area (Å²) in [6.45, 7) is 3.09. The Morgan fingerprint density at radius 3 is 1.49 bits per heavy atom. The van der Waals surface area contributed by atoms with Gasteiger partial charge in [0, 0.05) is 12.8 Å². The van der Waals surface area contributed by atoms with Gasteiger partial charge in [-0.1, -0.05) is 103 Å². The van der Waals surface area contributed by atoms with Gasteiger partial charge in [0.2, 0.25) is 0 Å². The van der Waals surface area contributed by atoms with Crippen LogP contribution in [0.15, 0.2) is 175 Å². The minimum Gasteiger partial charge on any atom is -0.744 e. The van der Waals surface area contributed by atoms with Crippen molar-refractivity contribution >= 4 is 33.3 Å². The largest absolute Gasteiger partial charge is 0.744 e. The van der Waals surface area contributed by atoms with E-state index in [1.807, 2.05) is 37.3 Å². The summed E-state index contributed by atoms with van der Waals surface area (Å²) in [5.74, 6) is 1.82. The van der Waals surface area contributed by atoms with Crippen molar-refractivity contribution in [3.63, 3.8) is 0 Å². The molecule has 0 amide bonds. The van der Waals surface area contributed by atoms with Crippen LogP contribution in [0.1, 0.15) is 17.5 Å². The van der Waals surface area contributed by atoms with Crippen molar-refractivity contribution in [3.05, 3.63) is 181 Å². The van der Waals surface area contributed by atoms with Crippen LogP contribution in [0, 0.1) is 6.92 Å². The van der Waals surface area contributed by atoms with Crippen molar-refractivity contribution in [3.8, 4) is 11.5 Å². The zero-order chi connectivity index (χ0) is 34.4. The molecule has 0 spiro atoms. The fourth-order valence-electron chi connectivity index (χ4n) is 5.63. The molecule has 0 aliphatic carbocycles. The summed E-state index contributed by atoms with van der Waals surface area (Å²) >= 11 is 0. The quantitative estimate of drug-likeness (QED) is 0.0699. The van der Waals surface area contributed by atoms with E-state index in [4.69, 9.17) is 9.47 Å². The summed E-state index contributed by atoms with van der Waals surface area (Å²) < 4.78 is 43.1. The molecule has 0 saturated carbocycles. The van der Waals surface area contributed by atoms with Gasteiger partial charge in [0.05, 0.1) is 24.3 Å². The number of aryl methyl sites for hydroxylation is 2. The molecule has 49 heavy (non-hydrogen) atoms. The van der Waals surface area contributed by atoms with Crippen LogP contribution in [0.2, 0.25) is 0 Å². The molecule has 0 unspecified atom stereocenters. The summed E-state index contributed by atoms with van der Waals surface area (Å²) in [6, 6.07) is 57.5. The zero-order valence-corrected chi connectivity index (χ0v) is 29.3. The first kappa shape index (κ1) is 35.6. The molecule has 0 heterocycles. The van der Waals surface area contributed by atoms with E-state index in [-0.39, 0.29) is 4.90 Å². The maximum Gasteiger partial charge on any atom is 0.124 e. The van der Waals surface area contributed by atoms with Gasteiger partial charge >= 0.3 is 0 Å². The van der Waals surface area contributed by atoms with Crippen molar-refractivity contribution in [2.24, 2.45) is 0 Å². The molecular formula is C42H41O5PS. The molecule has 0 aliphatic rings. The van der Waals surface area contributed by atoms with Gasteiger partial charge in [0.15, 0.2) is 0 Å². The lowest BCUT2D eigenvalue weighted by molar-refractivity contribution is 0.247. The third-order valence-electron chi connectivity index (χ3n) is 8.10. The van der Waals surface area contributed by atoms with E-state index in [0.717, 1.165) is 36.1 Å². The van der Waals surface area contributed by atoms with E-state index in [1.54, 1.807) is 12.1 Å². The van der Waals surface area contributed by atoms with E-state index in [0.29, 0.717) is 13.2 Å². The molecule has 0 bridgehead atoms. The number of hydrogen-bond acceptors (Lipinski definition) is 5. The first-order chi connectivity index (χ1) is 23.8. The van der Waals surface area contributed by atoms with E-state index in [9.17, 15) is 13.0 Å². The third kappa shape index (κ3) is 10.1. The lowest BCUT2D eigenvalue weighted by atomic mass is 10.2. The van der Waals surface area contributed by atoms with Crippen molar-refractivity contribution in [1.29, 1.82) is 0 Å². The molecule has 5 nitrogen and oxygen atoms in total. The summed E-state index contributed by atoms with van der Waals surface area (Å²) in [5, 5.41) is 4.26. The zero-order valence-electron chi connectivity index (χ0n) is 27.6. The Kier molecular flexibility index (Phi) is 12.8. The molecule has 6 aromatic carbocycles. The van der Waals surface area contributed by atoms with Gasteiger partial charge in [-0.2, -0.15) is 0 Å². The normalized spacial score (nSPS) is 11.2. The Labute approximate surface area is 291 Å². The van der Waals surface area contributed by atoms with Crippen LogP contribution < -0.4 is 25.4 Å². The monoisotopic (exact) mass is 688 g/mol. The molecule has 250 valence electrons. The van der Waals surface area contributed by atoms with Crippen molar-refractivity contribution < 1.29 is 22.4 Å². The van der Waals surface area contributed by atoms with E-state index in [2.05, 4.69) is 115 Å². The number of hydrogen-bond donors (Lipinski definition) is 0. The smallest absolute Gasteiger partial charge is 0.124 e. The third-order valence-corrected chi connectivity index (χ3v) is 13.4. The Balaban J connectivity index is 0.000000363. The van der Waals surface area contributed by atoms with Crippen LogP contribution in [-0.4, -0.2) is 32.3 Å². The van der Waals surface area contributed by atoms with Crippen molar-refractivity contribution in [2.75, 3.05) is 19.4 Å². The van der Waals surface area contributed by atoms with Gasteiger partial charge in [0.25, 0.3) is 0 Å². The molecular weight excluding hydrogens is 647 g/mol. The maximum atomic E-state index is 10.4. The first-order valence-corrected chi connectivity index (χ1v) is 19.7. The molecule has 0 radical (unpaired) electrons. The van der Waals surface area contributed by atoms with Crippen LogP contribution in [0.25, 0.3) is 0 Å². The summed E-state index contributed by atoms with van der Waals surface area (Å²) in [5.41, 5.74) is 2.23. The summed E-state index contributed by atoms with van der Waals surface area (Å²) in [7, 11) is -6.12. The molecule has 0 atom stereocenters. The Hall–Kier alpha value is -4.74. The highest BCUT2D eigenvalue weighted by molar-refractivity contribution is 7.95. The van der Waals surface area contributed by atoms with Crippen molar-refractivity contribution in [2.45, 2.75) is 24.7 Å². The molecule has 0 N–H and O–H groups in total. The lowest BCUT2D eigenvalue weighted by Gasteiger charge is -2.27. The van der Waals surface area contributed by atoms with Gasteiger partial charge in [-0.3, -0.25) is 0 Å². The van der Waals surface area contributed by atoms with E-state index < -0.39 is 17.4 Å². The van der Waals surface area contributed by atoms with Gasteiger partial charge in [-0.05, 0) is 85.3 Å². The Morgan fingerprint density at radius 1 is 0.551 bits per heavy atom. The molecule has 0 aromatic heterocycles. The minimum absolute atomic E-state index is 0.178. The van der Waals surface area contributed by atoms with Crippen molar-refractivity contribution in [1.82, 2.24) is 0 Å². The number of benzene rings is 6. The van der Waals surface area contributed by atoms with Crippen LogP contribution in [-0.2, 0) is 16.5 Å². The van der Waals surface area contributed by atoms with Crippen LogP contribution in [0.5, 0.6) is 11.5 Å². The predicted octanol–water partition coefficient (Wildman–Crippen LogP) is 7.97. The Morgan fingerprint density at radius 2 is 1.00 bits per heavy atom. The van der Waals surface area contributed by atoms with Gasteiger partial charge < -0.3 is 14.0 Å². The first-order valence-electron chi connectivity index (χ1n) is 16.3. The van der Waals surface area contributed by atoms with Crippen LogP contribution >= 0.6 is 7.26 Å². The predicted molar refractivity (Wildman–Crippen MR) is 201 cm³/mol. The fraction of sp³-hybridized carbons (Fsp3) is 0.143. The second-order valence-electron chi connectivity index (χ2n) is 11.6. The molecule has 6 rings (SSSR count).